The Morgan fingerprint density at radius 2 is 2.35 bits per heavy atom. The van der Waals surface area contributed by atoms with Crippen molar-refractivity contribution in [3.8, 4) is 0 Å². The minimum atomic E-state index is -0.0355. The summed E-state index contributed by atoms with van der Waals surface area (Å²) in [6.07, 6.45) is 3.22. The lowest BCUT2D eigenvalue weighted by Gasteiger charge is -2.08. The van der Waals surface area contributed by atoms with Gasteiger partial charge in [0.2, 0.25) is 5.91 Å². The van der Waals surface area contributed by atoms with Gasteiger partial charge in [-0.3, -0.25) is 4.79 Å². The van der Waals surface area contributed by atoms with Crippen LogP contribution in [0.3, 0.4) is 0 Å². The molecular formula is C13H16BrClN4O. The molecule has 1 amide bonds. The zero-order valence-electron chi connectivity index (χ0n) is 11.2. The van der Waals surface area contributed by atoms with Crippen molar-refractivity contribution < 1.29 is 4.79 Å². The standard InChI is InChI=1S/C13H16BrClN4O/c1-2-5-16-12(20)8-19-11(3-4-15)18-10-6-9(14)7-17-13(10)19/h6-7H,2-5,8H2,1H3,(H,16,20). The molecule has 2 rings (SSSR count). The number of carbonyl (C=O) groups is 1. The SMILES string of the molecule is CCCNC(=O)Cn1c(CCCl)nc2cc(Br)cnc21. The van der Waals surface area contributed by atoms with Crippen LogP contribution in [-0.4, -0.2) is 32.9 Å². The first-order valence-corrected chi connectivity index (χ1v) is 7.81. The molecule has 0 aliphatic heterocycles. The Balaban J connectivity index is 2.33. The van der Waals surface area contributed by atoms with Crippen molar-refractivity contribution in [2.45, 2.75) is 26.3 Å². The van der Waals surface area contributed by atoms with Gasteiger partial charge in [0.15, 0.2) is 5.65 Å². The first-order valence-electron chi connectivity index (χ1n) is 6.49. The Bertz CT molecular complexity index is 614. The highest BCUT2D eigenvalue weighted by molar-refractivity contribution is 9.10. The first-order chi connectivity index (χ1) is 9.65. The summed E-state index contributed by atoms with van der Waals surface area (Å²) in [6.45, 7) is 2.91. The van der Waals surface area contributed by atoms with Crippen LogP contribution in [0.25, 0.3) is 11.2 Å². The predicted octanol–water partition coefficient (Wildman–Crippen LogP) is 2.50. The molecule has 0 aliphatic rings. The predicted molar refractivity (Wildman–Crippen MR) is 83.0 cm³/mol. The second-order valence-electron chi connectivity index (χ2n) is 4.40. The van der Waals surface area contributed by atoms with Gasteiger partial charge in [-0.05, 0) is 28.4 Å². The summed E-state index contributed by atoms with van der Waals surface area (Å²) >= 11 is 9.18. The molecule has 0 bridgehead atoms. The van der Waals surface area contributed by atoms with E-state index in [-0.39, 0.29) is 12.5 Å². The summed E-state index contributed by atoms with van der Waals surface area (Å²) in [6, 6.07) is 1.89. The minimum Gasteiger partial charge on any atom is -0.355 e. The van der Waals surface area contributed by atoms with E-state index >= 15 is 0 Å². The number of rotatable bonds is 6. The van der Waals surface area contributed by atoms with Crippen molar-refractivity contribution in [3.63, 3.8) is 0 Å². The van der Waals surface area contributed by atoms with E-state index in [4.69, 9.17) is 11.6 Å². The van der Waals surface area contributed by atoms with Gasteiger partial charge in [-0.2, -0.15) is 0 Å². The molecule has 108 valence electrons. The number of alkyl halides is 1. The van der Waals surface area contributed by atoms with E-state index in [0.717, 1.165) is 22.2 Å². The molecule has 0 aromatic carbocycles. The Kier molecular flexibility index (Phi) is 5.37. The smallest absolute Gasteiger partial charge is 0.240 e. The number of halogens is 2. The van der Waals surface area contributed by atoms with Gasteiger partial charge in [0.05, 0.1) is 0 Å². The number of hydrogen-bond acceptors (Lipinski definition) is 3. The number of carbonyl (C=O) groups excluding carboxylic acids is 1. The van der Waals surface area contributed by atoms with Crippen LogP contribution in [-0.2, 0) is 17.8 Å². The van der Waals surface area contributed by atoms with Gasteiger partial charge < -0.3 is 9.88 Å². The van der Waals surface area contributed by atoms with Gasteiger partial charge in [-0.25, -0.2) is 9.97 Å². The van der Waals surface area contributed by atoms with Crippen LogP contribution in [0.2, 0.25) is 0 Å². The fraction of sp³-hybridized carbons (Fsp3) is 0.462. The van der Waals surface area contributed by atoms with Crippen LogP contribution in [0.4, 0.5) is 0 Å². The van der Waals surface area contributed by atoms with Gasteiger partial charge in [0.1, 0.15) is 17.9 Å². The molecule has 2 aromatic rings. The number of nitrogens with zero attached hydrogens (tertiary/aromatic N) is 3. The van der Waals surface area contributed by atoms with E-state index in [1.54, 1.807) is 6.20 Å². The van der Waals surface area contributed by atoms with Gasteiger partial charge >= 0.3 is 0 Å². The third kappa shape index (κ3) is 3.49. The number of amides is 1. The topological polar surface area (TPSA) is 59.8 Å². The van der Waals surface area contributed by atoms with Crippen molar-refractivity contribution in [1.82, 2.24) is 19.9 Å². The largest absolute Gasteiger partial charge is 0.355 e. The normalized spacial score (nSPS) is 10.9. The van der Waals surface area contributed by atoms with Crippen molar-refractivity contribution >= 4 is 44.6 Å². The summed E-state index contributed by atoms with van der Waals surface area (Å²) < 4.78 is 2.69. The van der Waals surface area contributed by atoms with Gasteiger partial charge in [-0.1, -0.05) is 6.92 Å². The molecule has 7 heteroatoms. The minimum absolute atomic E-state index is 0.0355. The van der Waals surface area contributed by atoms with Crippen LogP contribution in [0.1, 0.15) is 19.2 Å². The van der Waals surface area contributed by atoms with Gasteiger partial charge in [0.25, 0.3) is 0 Å². The average molecular weight is 360 g/mol. The first kappa shape index (κ1) is 15.3. The second kappa shape index (κ2) is 7.04. The number of aromatic nitrogens is 3. The number of imidazole rings is 1. The number of nitrogens with one attached hydrogen (secondary N) is 1. The van der Waals surface area contributed by atoms with E-state index < -0.39 is 0 Å². The molecule has 20 heavy (non-hydrogen) atoms. The zero-order valence-corrected chi connectivity index (χ0v) is 13.5. The van der Waals surface area contributed by atoms with Crippen molar-refractivity contribution in [3.05, 3.63) is 22.6 Å². The molecule has 0 fully saturated rings. The fourth-order valence-electron chi connectivity index (χ4n) is 1.94. The number of pyridine rings is 1. The monoisotopic (exact) mass is 358 g/mol. The average Bonchev–Trinajstić information content (AvgIpc) is 2.74. The fourth-order valence-corrected chi connectivity index (χ4v) is 2.43. The van der Waals surface area contributed by atoms with E-state index in [2.05, 4.69) is 31.2 Å². The maximum atomic E-state index is 11.9. The van der Waals surface area contributed by atoms with Gasteiger partial charge in [0, 0.05) is 29.5 Å². The molecule has 0 saturated carbocycles. The molecule has 2 aromatic heterocycles. The molecule has 0 radical (unpaired) electrons. The van der Waals surface area contributed by atoms with E-state index in [0.29, 0.717) is 24.5 Å². The highest BCUT2D eigenvalue weighted by atomic mass is 79.9. The quantitative estimate of drug-likeness (QED) is 0.806. The number of aryl methyl sites for hydroxylation is 1. The molecular weight excluding hydrogens is 344 g/mol. The molecule has 0 spiro atoms. The van der Waals surface area contributed by atoms with Crippen LogP contribution in [0, 0.1) is 0 Å². The molecule has 0 unspecified atom stereocenters. The molecule has 1 N–H and O–H groups in total. The Morgan fingerprint density at radius 3 is 3.05 bits per heavy atom. The summed E-state index contributed by atoms with van der Waals surface area (Å²) in [4.78, 5) is 20.8. The van der Waals surface area contributed by atoms with Crippen LogP contribution >= 0.6 is 27.5 Å². The molecule has 0 saturated heterocycles. The lowest BCUT2D eigenvalue weighted by Crippen LogP contribution is -2.28. The Hall–Kier alpha value is -1.14. The number of fused-ring (bicyclic) bond motifs is 1. The molecule has 2 heterocycles. The van der Waals surface area contributed by atoms with Crippen molar-refractivity contribution in [2.24, 2.45) is 0 Å². The lowest BCUT2D eigenvalue weighted by molar-refractivity contribution is -0.121. The highest BCUT2D eigenvalue weighted by Crippen LogP contribution is 2.19. The molecule has 0 atom stereocenters. The third-order valence-electron chi connectivity index (χ3n) is 2.82. The summed E-state index contributed by atoms with van der Waals surface area (Å²) in [5.74, 6) is 1.21. The molecule has 0 aliphatic carbocycles. The van der Waals surface area contributed by atoms with E-state index in [1.807, 2.05) is 17.6 Å². The van der Waals surface area contributed by atoms with Crippen molar-refractivity contribution in [2.75, 3.05) is 12.4 Å². The van der Waals surface area contributed by atoms with E-state index in [1.165, 1.54) is 0 Å². The maximum Gasteiger partial charge on any atom is 0.240 e. The van der Waals surface area contributed by atoms with Crippen LogP contribution in [0.15, 0.2) is 16.7 Å². The van der Waals surface area contributed by atoms with Crippen LogP contribution in [0.5, 0.6) is 0 Å². The van der Waals surface area contributed by atoms with Crippen molar-refractivity contribution in [1.29, 1.82) is 0 Å². The second-order valence-corrected chi connectivity index (χ2v) is 5.69. The lowest BCUT2D eigenvalue weighted by atomic mass is 10.4. The Labute approximate surface area is 130 Å². The Morgan fingerprint density at radius 1 is 1.55 bits per heavy atom. The van der Waals surface area contributed by atoms with E-state index in [9.17, 15) is 4.79 Å². The summed E-state index contributed by atoms with van der Waals surface area (Å²) in [5, 5.41) is 2.86. The van der Waals surface area contributed by atoms with Crippen LogP contribution < -0.4 is 5.32 Å². The summed E-state index contributed by atoms with van der Waals surface area (Å²) in [5.41, 5.74) is 1.47. The number of hydrogen-bond donors (Lipinski definition) is 1. The summed E-state index contributed by atoms with van der Waals surface area (Å²) in [7, 11) is 0. The third-order valence-corrected chi connectivity index (χ3v) is 3.45. The zero-order chi connectivity index (χ0) is 14.5. The van der Waals surface area contributed by atoms with Gasteiger partial charge in [-0.15, -0.1) is 11.6 Å². The maximum absolute atomic E-state index is 11.9. The highest BCUT2D eigenvalue weighted by Gasteiger charge is 2.14. The molecule has 5 nitrogen and oxygen atoms in total.